The highest BCUT2D eigenvalue weighted by molar-refractivity contribution is 8.28. The molecule has 0 amide bonds. The lowest BCUT2D eigenvalue weighted by Crippen LogP contribution is -1.99. The molecular formula is C14H12O3S3. The van der Waals surface area contributed by atoms with Gasteiger partial charge in [0.05, 0.1) is 18.5 Å². The van der Waals surface area contributed by atoms with E-state index in [1.807, 2.05) is 30.3 Å². The van der Waals surface area contributed by atoms with E-state index in [1.54, 1.807) is 12.5 Å². The number of esters is 1. The largest absolute Gasteiger partial charge is 0.497 e. The number of benzene rings is 1. The van der Waals surface area contributed by atoms with Crippen LogP contribution in [0.3, 0.4) is 0 Å². The number of thioether (sulfide) groups is 2. The molecule has 0 N–H and O–H groups in total. The number of carbonyl (C=O) groups excluding carboxylic acids is 1. The van der Waals surface area contributed by atoms with Gasteiger partial charge in [0, 0.05) is 4.86 Å². The second kappa shape index (κ2) is 6.97. The Morgan fingerprint density at radius 1 is 1.25 bits per heavy atom. The molecule has 0 aromatic heterocycles. The zero-order valence-corrected chi connectivity index (χ0v) is 13.4. The molecule has 1 aliphatic heterocycles. The molecule has 0 radical (unpaired) electrons. The van der Waals surface area contributed by atoms with Crippen LogP contribution < -0.4 is 4.74 Å². The van der Waals surface area contributed by atoms with E-state index in [9.17, 15) is 4.79 Å². The second-order valence-electron chi connectivity index (χ2n) is 3.75. The first-order valence-corrected chi connectivity index (χ1v) is 7.77. The molecular weight excluding hydrogens is 312 g/mol. The lowest BCUT2D eigenvalue weighted by atomic mass is 10.1. The van der Waals surface area contributed by atoms with Crippen molar-refractivity contribution in [3.05, 3.63) is 50.5 Å². The molecule has 1 aromatic rings. The minimum atomic E-state index is -0.318. The highest BCUT2D eigenvalue weighted by atomic mass is 32.2. The van der Waals surface area contributed by atoms with E-state index in [0.29, 0.717) is 4.91 Å². The van der Waals surface area contributed by atoms with E-state index in [2.05, 4.69) is 4.74 Å². The highest BCUT2D eigenvalue weighted by Crippen LogP contribution is 2.44. The molecule has 1 aromatic carbocycles. The van der Waals surface area contributed by atoms with Gasteiger partial charge in [-0.05, 0) is 41.3 Å². The summed E-state index contributed by atoms with van der Waals surface area (Å²) in [5.74, 6) is 0.477. The lowest BCUT2D eigenvalue weighted by molar-refractivity contribution is -0.135. The van der Waals surface area contributed by atoms with Crippen molar-refractivity contribution in [1.29, 1.82) is 0 Å². The van der Waals surface area contributed by atoms with Crippen molar-refractivity contribution in [2.75, 3.05) is 14.2 Å². The minimum Gasteiger partial charge on any atom is -0.497 e. The van der Waals surface area contributed by atoms with Gasteiger partial charge in [0.1, 0.15) is 10.7 Å². The van der Waals surface area contributed by atoms with Gasteiger partial charge in [-0.25, -0.2) is 4.79 Å². The molecule has 1 aliphatic rings. The Bertz CT molecular complexity index is 588. The fourth-order valence-corrected chi connectivity index (χ4v) is 3.88. The summed E-state index contributed by atoms with van der Waals surface area (Å²) in [6.45, 7) is 0. The third-order valence-electron chi connectivity index (χ3n) is 2.50. The fourth-order valence-electron chi connectivity index (χ4n) is 1.47. The number of rotatable bonds is 4. The summed E-state index contributed by atoms with van der Waals surface area (Å²) < 4.78 is 10.8. The summed E-state index contributed by atoms with van der Waals surface area (Å²) in [6.07, 6.45) is 1.89. The Kier molecular flexibility index (Phi) is 5.28. The average Bonchev–Trinajstić information content (AvgIpc) is 2.95. The first-order chi connectivity index (χ1) is 9.63. The van der Waals surface area contributed by atoms with Gasteiger partial charge in [0.25, 0.3) is 0 Å². The molecule has 0 spiro atoms. The van der Waals surface area contributed by atoms with Gasteiger partial charge in [0.2, 0.25) is 0 Å². The van der Waals surface area contributed by atoms with E-state index in [-0.39, 0.29) is 5.97 Å². The molecule has 6 heteroatoms. The van der Waals surface area contributed by atoms with Gasteiger partial charge in [0.15, 0.2) is 0 Å². The Hall–Kier alpha value is -1.24. The van der Waals surface area contributed by atoms with E-state index in [1.165, 1.54) is 30.6 Å². The lowest BCUT2D eigenvalue weighted by Gasteiger charge is -2.03. The van der Waals surface area contributed by atoms with Crippen molar-refractivity contribution < 1.29 is 14.3 Å². The summed E-state index contributed by atoms with van der Waals surface area (Å²) in [5.41, 5.74) is 0.945. The van der Waals surface area contributed by atoms with Gasteiger partial charge >= 0.3 is 5.97 Å². The van der Waals surface area contributed by atoms with Gasteiger partial charge in [-0.2, -0.15) is 0 Å². The van der Waals surface area contributed by atoms with Crippen molar-refractivity contribution in [3.8, 4) is 5.75 Å². The molecule has 0 aliphatic carbocycles. The van der Waals surface area contributed by atoms with E-state index < -0.39 is 0 Å². The second-order valence-corrected chi connectivity index (χ2v) is 6.44. The molecule has 0 unspecified atom stereocenters. The van der Waals surface area contributed by atoms with Crippen molar-refractivity contribution in [3.63, 3.8) is 0 Å². The summed E-state index contributed by atoms with van der Waals surface area (Å²) >= 11 is 8.23. The molecule has 0 saturated heterocycles. The first-order valence-electron chi connectivity index (χ1n) is 5.67. The topological polar surface area (TPSA) is 35.5 Å². The van der Waals surface area contributed by atoms with E-state index in [0.717, 1.165) is 20.4 Å². The van der Waals surface area contributed by atoms with Crippen LogP contribution in [0.15, 0.2) is 44.9 Å². The van der Waals surface area contributed by atoms with Crippen LogP contribution in [0.4, 0.5) is 0 Å². The molecule has 3 nitrogen and oxygen atoms in total. The third-order valence-corrected chi connectivity index (χ3v) is 5.07. The number of allylic oxidation sites excluding steroid dienone is 1. The Balaban J connectivity index is 2.05. The van der Waals surface area contributed by atoms with Crippen molar-refractivity contribution in [2.24, 2.45) is 0 Å². The average molecular weight is 324 g/mol. The minimum absolute atomic E-state index is 0.318. The van der Waals surface area contributed by atoms with Crippen LogP contribution in [0, 0.1) is 0 Å². The van der Waals surface area contributed by atoms with E-state index in [4.69, 9.17) is 17.0 Å². The zero-order valence-electron chi connectivity index (χ0n) is 10.9. The highest BCUT2D eigenvalue weighted by Gasteiger charge is 2.19. The van der Waals surface area contributed by atoms with Crippen LogP contribution in [-0.4, -0.2) is 25.1 Å². The smallest absolute Gasteiger partial charge is 0.345 e. The zero-order chi connectivity index (χ0) is 14.5. The van der Waals surface area contributed by atoms with Gasteiger partial charge in [-0.3, -0.25) is 0 Å². The molecule has 0 bridgehead atoms. The molecule has 1 heterocycles. The predicted molar refractivity (Wildman–Crippen MR) is 88.1 cm³/mol. The number of thiocarbonyl (C=S) groups is 1. The van der Waals surface area contributed by atoms with Crippen LogP contribution >= 0.6 is 35.7 Å². The Morgan fingerprint density at radius 2 is 1.95 bits per heavy atom. The number of hydrogen-bond donors (Lipinski definition) is 0. The number of methoxy groups -OCH3 is 2. The SMILES string of the molecule is COC(=O)C1=CS/C(=C/C(=S)c2ccc(OC)cc2)S1. The molecule has 0 atom stereocenters. The van der Waals surface area contributed by atoms with Crippen molar-refractivity contribution in [2.45, 2.75) is 0 Å². The van der Waals surface area contributed by atoms with Gasteiger partial charge in [-0.15, -0.1) is 0 Å². The molecule has 0 saturated carbocycles. The number of hydrogen-bond acceptors (Lipinski definition) is 6. The van der Waals surface area contributed by atoms with Crippen LogP contribution in [0.5, 0.6) is 5.75 Å². The molecule has 2 rings (SSSR count). The van der Waals surface area contributed by atoms with Crippen molar-refractivity contribution >= 4 is 46.6 Å². The number of carbonyl (C=O) groups is 1. The fraction of sp³-hybridized carbons (Fsp3) is 0.143. The van der Waals surface area contributed by atoms with Gasteiger partial charge < -0.3 is 9.47 Å². The molecule has 104 valence electrons. The Morgan fingerprint density at radius 3 is 2.55 bits per heavy atom. The molecule has 20 heavy (non-hydrogen) atoms. The van der Waals surface area contributed by atoms with Gasteiger partial charge in [-0.1, -0.05) is 35.7 Å². The van der Waals surface area contributed by atoms with Crippen LogP contribution in [0.1, 0.15) is 5.56 Å². The molecule has 0 fully saturated rings. The summed E-state index contributed by atoms with van der Waals surface area (Å²) in [6, 6.07) is 7.56. The quantitative estimate of drug-likeness (QED) is 0.363. The van der Waals surface area contributed by atoms with E-state index >= 15 is 0 Å². The standard InChI is InChI=1S/C14H12O3S3/c1-16-10-5-3-9(4-6-10)11(18)7-13-19-8-12(20-13)14(15)17-2/h3-8H,1-2H3/b13-7-. The maximum absolute atomic E-state index is 11.4. The predicted octanol–water partition coefficient (Wildman–Crippen LogP) is 3.75. The Labute approximate surface area is 131 Å². The van der Waals surface area contributed by atoms with Crippen LogP contribution in [0.2, 0.25) is 0 Å². The van der Waals surface area contributed by atoms with Crippen molar-refractivity contribution in [1.82, 2.24) is 0 Å². The number of ether oxygens (including phenoxy) is 2. The van der Waals surface area contributed by atoms with Crippen LogP contribution in [0.25, 0.3) is 0 Å². The third kappa shape index (κ3) is 3.65. The first kappa shape index (κ1) is 15.2. The maximum Gasteiger partial charge on any atom is 0.345 e. The summed E-state index contributed by atoms with van der Waals surface area (Å²) in [7, 11) is 3.00. The summed E-state index contributed by atoms with van der Waals surface area (Å²) in [5, 5.41) is 1.78. The summed E-state index contributed by atoms with van der Waals surface area (Å²) in [4.78, 5) is 12.7. The maximum atomic E-state index is 11.4. The van der Waals surface area contributed by atoms with Crippen LogP contribution in [-0.2, 0) is 9.53 Å². The monoisotopic (exact) mass is 324 g/mol. The normalized spacial score (nSPS) is 15.9.